The van der Waals surface area contributed by atoms with Gasteiger partial charge in [0.1, 0.15) is 0 Å². The number of hydrogen-bond donors (Lipinski definition) is 0. The highest BCUT2D eigenvalue weighted by molar-refractivity contribution is 6.30. The Kier molecular flexibility index (Phi) is 5.74. The van der Waals surface area contributed by atoms with E-state index in [1.54, 1.807) is 6.20 Å². The Morgan fingerprint density at radius 2 is 1.95 bits per heavy atom. The van der Waals surface area contributed by atoms with Crippen molar-refractivity contribution in [3.63, 3.8) is 0 Å². The Bertz CT molecular complexity index is 455. The first-order valence-electron chi connectivity index (χ1n) is 8.50. The molecule has 1 unspecified atom stereocenters. The molecule has 0 radical (unpaired) electrons. The summed E-state index contributed by atoms with van der Waals surface area (Å²) in [5, 5.41) is 4.99. The average Bonchev–Trinajstić information content (AvgIpc) is 2.94. The highest BCUT2D eigenvalue weighted by atomic mass is 35.5. The third-order valence-electron chi connectivity index (χ3n) is 4.96. The number of aromatic nitrogens is 2. The molecule has 0 saturated carbocycles. The lowest BCUT2D eigenvalue weighted by Crippen LogP contribution is -2.48. The van der Waals surface area contributed by atoms with E-state index in [0.29, 0.717) is 0 Å². The van der Waals surface area contributed by atoms with Gasteiger partial charge >= 0.3 is 0 Å². The Balaban J connectivity index is 1.41. The van der Waals surface area contributed by atoms with E-state index >= 15 is 0 Å². The van der Waals surface area contributed by atoms with Crippen molar-refractivity contribution in [3.8, 4) is 0 Å². The Labute approximate surface area is 138 Å². The van der Waals surface area contributed by atoms with Gasteiger partial charge in [-0.3, -0.25) is 4.68 Å². The minimum absolute atomic E-state index is 0.728. The Hall–Kier alpha value is -0.620. The topological polar surface area (TPSA) is 27.5 Å². The van der Waals surface area contributed by atoms with Crippen LogP contribution in [0.3, 0.4) is 0 Å². The summed E-state index contributed by atoms with van der Waals surface area (Å²) < 4.78 is 1.95. The molecule has 124 valence electrons. The molecule has 0 amide bonds. The molecule has 6 heteroatoms. The van der Waals surface area contributed by atoms with Gasteiger partial charge in [0, 0.05) is 52.0 Å². The molecule has 0 bridgehead atoms. The van der Waals surface area contributed by atoms with Crippen LogP contribution in [-0.4, -0.2) is 83.9 Å². The molecule has 2 saturated heterocycles. The van der Waals surface area contributed by atoms with Gasteiger partial charge in [0.25, 0.3) is 0 Å². The second kappa shape index (κ2) is 7.77. The van der Waals surface area contributed by atoms with Gasteiger partial charge in [0.05, 0.1) is 17.8 Å². The van der Waals surface area contributed by atoms with Crippen LogP contribution in [0.15, 0.2) is 12.4 Å². The van der Waals surface area contributed by atoms with E-state index in [2.05, 4.69) is 26.8 Å². The van der Waals surface area contributed by atoms with E-state index < -0.39 is 0 Å². The van der Waals surface area contributed by atoms with E-state index in [1.165, 1.54) is 58.7 Å². The summed E-state index contributed by atoms with van der Waals surface area (Å²) in [7, 11) is 2.22. The number of hydrogen-bond acceptors (Lipinski definition) is 4. The molecule has 3 rings (SSSR count). The summed E-state index contributed by atoms with van der Waals surface area (Å²) in [5.41, 5.74) is 0. The summed E-state index contributed by atoms with van der Waals surface area (Å²) in [4.78, 5) is 7.68. The van der Waals surface area contributed by atoms with Crippen LogP contribution in [0.2, 0.25) is 5.02 Å². The van der Waals surface area contributed by atoms with E-state index in [4.69, 9.17) is 11.6 Å². The van der Waals surface area contributed by atoms with E-state index in [-0.39, 0.29) is 0 Å². The lowest BCUT2D eigenvalue weighted by atomic mass is 9.97. The second-order valence-electron chi connectivity index (χ2n) is 6.83. The standard InChI is InChI=1S/C16H28ClN5/c1-19-5-7-21(8-6-19)13-15-3-2-4-20(12-15)9-10-22-14-16(17)11-18-22/h11,14-15H,2-10,12-13H2,1H3. The molecule has 3 heterocycles. The lowest BCUT2D eigenvalue weighted by molar-refractivity contribution is 0.0975. The molecular weight excluding hydrogens is 298 g/mol. The van der Waals surface area contributed by atoms with Crippen LogP contribution in [-0.2, 0) is 6.54 Å². The largest absolute Gasteiger partial charge is 0.304 e. The molecule has 0 aliphatic carbocycles. The molecule has 1 aromatic heterocycles. The smallest absolute Gasteiger partial charge is 0.0785 e. The quantitative estimate of drug-likeness (QED) is 0.820. The van der Waals surface area contributed by atoms with Crippen molar-refractivity contribution >= 4 is 11.6 Å². The van der Waals surface area contributed by atoms with Crippen LogP contribution in [0.4, 0.5) is 0 Å². The maximum Gasteiger partial charge on any atom is 0.0785 e. The predicted octanol–water partition coefficient (Wildman–Crippen LogP) is 1.50. The highest BCUT2D eigenvalue weighted by Crippen LogP contribution is 2.18. The zero-order chi connectivity index (χ0) is 15.4. The average molecular weight is 326 g/mol. The first-order chi connectivity index (χ1) is 10.7. The fraction of sp³-hybridized carbons (Fsp3) is 0.812. The zero-order valence-corrected chi connectivity index (χ0v) is 14.4. The lowest BCUT2D eigenvalue weighted by Gasteiger charge is -2.38. The van der Waals surface area contributed by atoms with Gasteiger partial charge in [0.2, 0.25) is 0 Å². The van der Waals surface area contributed by atoms with Crippen LogP contribution in [0.1, 0.15) is 12.8 Å². The zero-order valence-electron chi connectivity index (χ0n) is 13.6. The highest BCUT2D eigenvalue weighted by Gasteiger charge is 2.23. The van der Waals surface area contributed by atoms with E-state index in [9.17, 15) is 0 Å². The number of likely N-dealkylation sites (tertiary alicyclic amines) is 1. The molecule has 2 aliphatic heterocycles. The van der Waals surface area contributed by atoms with Crippen molar-refractivity contribution in [1.82, 2.24) is 24.5 Å². The first-order valence-corrected chi connectivity index (χ1v) is 8.88. The normalized spacial score (nSPS) is 25.6. The molecule has 1 atom stereocenters. The number of nitrogens with zero attached hydrogens (tertiary/aromatic N) is 5. The fourth-order valence-corrected chi connectivity index (χ4v) is 3.76. The van der Waals surface area contributed by atoms with Crippen molar-refractivity contribution in [1.29, 1.82) is 0 Å². The maximum absolute atomic E-state index is 5.92. The number of halogens is 1. The van der Waals surface area contributed by atoms with Crippen molar-refractivity contribution < 1.29 is 0 Å². The van der Waals surface area contributed by atoms with Crippen molar-refractivity contribution in [2.45, 2.75) is 19.4 Å². The number of rotatable bonds is 5. The van der Waals surface area contributed by atoms with Crippen molar-refractivity contribution in [2.24, 2.45) is 5.92 Å². The van der Waals surface area contributed by atoms with Gasteiger partial charge in [-0.05, 0) is 32.4 Å². The molecule has 2 fully saturated rings. The van der Waals surface area contributed by atoms with Crippen molar-refractivity contribution in [3.05, 3.63) is 17.4 Å². The third kappa shape index (κ3) is 4.69. The van der Waals surface area contributed by atoms with Crippen LogP contribution < -0.4 is 0 Å². The Morgan fingerprint density at radius 3 is 2.68 bits per heavy atom. The number of likely N-dealkylation sites (N-methyl/N-ethyl adjacent to an activating group) is 1. The summed E-state index contributed by atoms with van der Waals surface area (Å²) in [6.07, 6.45) is 6.34. The van der Waals surface area contributed by atoms with Gasteiger partial charge in [-0.25, -0.2) is 0 Å². The molecule has 0 aromatic carbocycles. The van der Waals surface area contributed by atoms with Gasteiger partial charge in [0.15, 0.2) is 0 Å². The van der Waals surface area contributed by atoms with Gasteiger partial charge < -0.3 is 14.7 Å². The van der Waals surface area contributed by atoms with E-state index in [1.807, 2.05) is 10.9 Å². The Morgan fingerprint density at radius 1 is 1.14 bits per heavy atom. The number of piperidine rings is 1. The molecule has 2 aliphatic rings. The van der Waals surface area contributed by atoms with Crippen LogP contribution in [0, 0.1) is 5.92 Å². The summed E-state index contributed by atoms with van der Waals surface area (Å²) in [5.74, 6) is 0.832. The van der Waals surface area contributed by atoms with Crippen LogP contribution in [0.25, 0.3) is 0 Å². The third-order valence-corrected chi connectivity index (χ3v) is 5.16. The molecule has 5 nitrogen and oxygen atoms in total. The molecule has 1 aromatic rings. The maximum atomic E-state index is 5.92. The monoisotopic (exact) mass is 325 g/mol. The van der Waals surface area contributed by atoms with E-state index in [0.717, 1.165) is 24.0 Å². The van der Waals surface area contributed by atoms with Crippen LogP contribution in [0.5, 0.6) is 0 Å². The second-order valence-corrected chi connectivity index (χ2v) is 7.27. The van der Waals surface area contributed by atoms with Crippen molar-refractivity contribution in [2.75, 3.05) is 59.4 Å². The molecule has 0 spiro atoms. The van der Waals surface area contributed by atoms with Crippen LogP contribution >= 0.6 is 11.6 Å². The minimum atomic E-state index is 0.728. The summed E-state index contributed by atoms with van der Waals surface area (Å²) in [6.45, 7) is 10.7. The summed E-state index contributed by atoms with van der Waals surface area (Å²) >= 11 is 5.92. The molecule has 0 N–H and O–H groups in total. The summed E-state index contributed by atoms with van der Waals surface area (Å²) in [6, 6.07) is 0. The SMILES string of the molecule is CN1CCN(CC2CCCN(CCn3cc(Cl)cn3)C2)CC1. The van der Waals surface area contributed by atoms with Gasteiger partial charge in [-0.15, -0.1) is 0 Å². The first kappa shape index (κ1) is 16.2. The predicted molar refractivity (Wildman–Crippen MR) is 90.3 cm³/mol. The van der Waals surface area contributed by atoms with Gasteiger partial charge in [-0.1, -0.05) is 11.6 Å². The molecular formula is C16H28ClN5. The minimum Gasteiger partial charge on any atom is -0.304 e. The number of piperazine rings is 1. The molecule has 22 heavy (non-hydrogen) atoms. The van der Waals surface area contributed by atoms with Gasteiger partial charge in [-0.2, -0.15) is 5.10 Å². The fourth-order valence-electron chi connectivity index (χ4n) is 3.60.